The largest absolute Gasteiger partial charge is 0.497 e. The minimum Gasteiger partial charge on any atom is -0.497 e. The zero-order valence-corrected chi connectivity index (χ0v) is 19.4. The van der Waals surface area contributed by atoms with E-state index in [1.165, 1.54) is 0 Å². The number of carbonyl (C=O) groups is 2. The first-order valence-corrected chi connectivity index (χ1v) is 11.6. The van der Waals surface area contributed by atoms with Gasteiger partial charge in [-0.3, -0.25) is 14.5 Å². The second-order valence-corrected chi connectivity index (χ2v) is 7.98. The summed E-state index contributed by atoms with van der Waals surface area (Å²) in [5.41, 5.74) is 1.15. The van der Waals surface area contributed by atoms with Crippen LogP contribution in [-0.4, -0.2) is 74.7 Å². The number of hydrogen-bond acceptors (Lipinski definition) is 5. The van der Waals surface area contributed by atoms with Crippen molar-refractivity contribution in [3.63, 3.8) is 0 Å². The predicted octanol–water partition coefficient (Wildman–Crippen LogP) is 3.00. The van der Waals surface area contributed by atoms with Crippen molar-refractivity contribution in [1.29, 1.82) is 0 Å². The highest BCUT2D eigenvalue weighted by molar-refractivity contribution is 5.79. The SMILES string of the molecule is CCCN(CCC)C(=O)CCCC(=O)NCC(c1ccc(OC)cc1)N1CCOCC1. The summed E-state index contributed by atoms with van der Waals surface area (Å²) in [5, 5.41) is 3.08. The molecule has 0 aliphatic carbocycles. The lowest BCUT2D eigenvalue weighted by Crippen LogP contribution is -2.43. The molecule has 1 aliphatic rings. The summed E-state index contributed by atoms with van der Waals surface area (Å²) in [6.45, 7) is 9.37. The van der Waals surface area contributed by atoms with Gasteiger partial charge < -0.3 is 19.7 Å². The zero-order chi connectivity index (χ0) is 22.5. The molecular formula is C24H39N3O4. The van der Waals surface area contributed by atoms with E-state index >= 15 is 0 Å². The van der Waals surface area contributed by atoms with Crippen LogP contribution in [0.25, 0.3) is 0 Å². The number of morpholine rings is 1. The van der Waals surface area contributed by atoms with Gasteiger partial charge in [0.2, 0.25) is 11.8 Å². The van der Waals surface area contributed by atoms with Gasteiger partial charge in [0.05, 0.1) is 26.4 Å². The van der Waals surface area contributed by atoms with Gasteiger partial charge in [-0.25, -0.2) is 0 Å². The van der Waals surface area contributed by atoms with Crippen LogP contribution >= 0.6 is 0 Å². The van der Waals surface area contributed by atoms with Crippen LogP contribution in [0.2, 0.25) is 0 Å². The lowest BCUT2D eigenvalue weighted by molar-refractivity contribution is -0.131. The average Bonchev–Trinajstić information content (AvgIpc) is 2.80. The van der Waals surface area contributed by atoms with E-state index in [2.05, 4.69) is 36.2 Å². The van der Waals surface area contributed by atoms with Crippen LogP contribution < -0.4 is 10.1 Å². The molecule has 1 aromatic rings. The van der Waals surface area contributed by atoms with Crippen LogP contribution in [0.4, 0.5) is 0 Å². The van der Waals surface area contributed by atoms with Crippen molar-refractivity contribution >= 4 is 11.8 Å². The maximum atomic E-state index is 12.5. The fraction of sp³-hybridized carbons (Fsp3) is 0.667. The Hall–Kier alpha value is -2.12. The molecule has 0 saturated carbocycles. The molecule has 2 amide bonds. The second-order valence-electron chi connectivity index (χ2n) is 7.98. The van der Waals surface area contributed by atoms with Crippen LogP contribution in [-0.2, 0) is 14.3 Å². The maximum absolute atomic E-state index is 12.5. The first kappa shape index (κ1) is 25.1. The van der Waals surface area contributed by atoms with Gasteiger partial charge in [0.15, 0.2) is 0 Å². The van der Waals surface area contributed by atoms with E-state index in [0.717, 1.165) is 50.3 Å². The van der Waals surface area contributed by atoms with Crippen molar-refractivity contribution in [3.05, 3.63) is 29.8 Å². The van der Waals surface area contributed by atoms with Crippen molar-refractivity contribution in [3.8, 4) is 5.75 Å². The smallest absolute Gasteiger partial charge is 0.222 e. The Morgan fingerprint density at radius 2 is 1.74 bits per heavy atom. The molecule has 1 aliphatic heterocycles. The summed E-state index contributed by atoms with van der Waals surface area (Å²) >= 11 is 0. The fourth-order valence-electron chi connectivity index (χ4n) is 3.93. The number of amides is 2. The van der Waals surface area contributed by atoms with Crippen molar-refractivity contribution in [2.75, 3.05) is 53.0 Å². The Bertz CT molecular complexity index is 653. The number of nitrogens with zero attached hydrogens (tertiary/aromatic N) is 2. The van der Waals surface area contributed by atoms with Crippen LogP contribution in [0.5, 0.6) is 5.75 Å². The quantitative estimate of drug-likeness (QED) is 0.518. The molecule has 0 radical (unpaired) electrons. The lowest BCUT2D eigenvalue weighted by Gasteiger charge is -2.35. The summed E-state index contributed by atoms with van der Waals surface area (Å²) in [6, 6.07) is 8.10. The van der Waals surface area contributed by atoms with Crippen molar-refractivity contribution in [2.45, 2.75) is 52.0 Å². The zero-order valence-electron chi connectivity index (χ0n) is 19.4. The number of methoxy groups -OCH3 is 1. The highest BCUT2D eigenvalue weighted by atomic mass is 16.5. The van der Waals surface area contributed by atoms with Gasteiger partial charge in [-0.15, -0.1) is 0 Å². The number of rotatable bonds is 13. The molecule has 1 saturated heterocycles. The van der Waals surface area contributed by atoms with E-state index in [4.69, 9.17) is 9.47 Å². The van der Waals surface area contributed by atoms with Gasteiger partial charge in [0.1, 0.15) is 5.75 Å². The Labute approximate surface area is 187 Å². The standard InChI is InChI=1S/C24H39N3O4/c1-4-13-27(14-5-2)24(29)8-6-7-23(28)25-19-22(26-15-17-31-18-16-26)20-9-11-21(30-3)12-10-20/h9-12,22H,4-8,13-19H2,1-3H3,(H,25,28). The number of carbonyl (C=O) groups excluding carboxylic acids is 2. The van der Waals surface area contributed by atoms with E-state index in [9.17, 15) is 9.59 Å². The molecule has 7 heteroatoms. The van der Waals surface area contributed by atoms with E-state index in [-0.39, 0.29) is 17.9 Å². The molecule has 1 aromatic carbocycles. The first-order valence-electron chi connectivity index (χ1n) is 11.6. The van der Waals surface area contributed by atoms with Crippen LogP contribution in [0.3, 0.4) is 0 Å². The predicted molar refractivity (Wildman–Crippen MR) is 122 cm³/mol. The monoisotopic (exact) mass is 433 g/mol. The Morgan fingerprint density at radius 1 is 1.10 bits per heavy atom. The Kier molecular flexibility index (Phi) is 11.4. The Balaban J connectivity index is 1.85. The highest BCUT2D eigenvalue weighted by Gasteiger charge is 2.23. The maximum Gasteiger partial charge on any atom is 0.222 e. The molecule has 2 rings (SSSR count). The van der Waals surface area contributed by atoms with Crippen LogP contribution in [0.15, 0.2) is 24.3 Å². The van der Waals surface area contributed by atoms with Crippen molar-refractivity contribution in [2.24, 2.45) is 0 Å². The lowest BCUT2D eigenvalue weighted by atomic mass is 10.0. The highest BCUT2D eigenvalue weighted by Crippen LogP contribution is 2.23. The van der Waals surface area contributed by atoms with Gasteiger partial charge in [-0.1, -0.05) is 26.0 Å². The molecule has 1 atom stereocenters. The summed E-state index contributed by atoms with van der Waals surface area (Å²) in [4.78, 5) is 29.1. The number of ether oxygens (including phenoxy) is 2. The molecule has 1 fully saturated rings. The summed E-state index contributed by atoms with van der Waals surface area (Å²) < 4.78 is 10.8. The normalized spacial score (nSPS) is 15.3. The minimum absolute atomic E-state index is 0.00268. The van der Waals surface area contributed by atoms with Gasteiger partial charge in [0, 0.05) is 45.6 Å². The van der Waals surface area contributed by atoms with Gasteiger partial charge in [0.25, 0.3) is 0 Å². The van der Waals surface area contributed by atoms with Gasteiger partial charge >= 0.3 is 0 Å². The summed E-state index contributed by atoms with van der Waals surface area (Å²) in [7, 11) is 1.66. The molecule has 1 unspecified atom stereocenters. The van der Waals surface area contributed by atoms with Crippen LogP contribution in [0, 0.1) is 0 Å². The average molecular weight is 434 g/mol. The molecule has 0 spiro atoms. The summed E-state index contributed by atoms with van der Waals surface area (Å²) in [6.07, 6.45) is 3.30. The van der Waals surface area contributed by atoms with Gasteiger partial charge in [-0.2, -0.15) is 0 Å². The third-order valence-corrected chi connectivity index (χ3v) is 5.61. The second kappa shape index (κ2) is 14.0. The minimum atomic E-state index is -0.00268. The van der Waals surface area contributed by atoms with Gasteiger partial charge in [-0.05, 0) is 37.0 Å². The molecule has 0 bridgehead atoms. The first-order chi connectivity index (χ1) is 15.1. The molecule has 7 nitrogen and oxygen atoms in total. The molecule has 1 N–H and O–H groups in total. The molecule has 0 aromatic heterocycles. The molecule has 31 heavy (non-hydrogen) atoms. The number of hydrogen-bond donors (Lipinski definition) is 1. The summed E-state index contributed by atoms with van der Waals surface area (Å²) in [5.74, 6) is 0.969. The third kappa shape index (κ3) is 8.50. The molecule has 1 heterocycles. The van der Waals surface area contributed by atoms with E-state index < -0.39 is 0 Å². The van der Waals surface area contributed by atoms with E-state index in [1.807, 2.05) is 17.0 Å². The van der Waals surface area contributed by atoms with E-state index in [0.29, 0.717) is 39.0 Å². The van der Waals surface area contributed by atoms with Crippen LogP contribution in [0.1, 0.15) is 57.6 Å². The molecule has 174 valence electrons. The van der Waals surface area contributed by atoms with Crippen molar-refractivity contribution < 1.29 is 19.1 Å². The number of nitrogens with one attached hydrogen (secondary N) is 1. The third-order valence-electron chi connectivity index (χ3n) is 5.61. The Morgan fingerprint density at radius 3 is 2.32 bits per heavy atom. The van der Waals surface area contributed by atoms with Crippen molar-refractivity contribution in [1.82, 2.24) is 15.1 Å². The number of benzene rings is 1. The van der Waals surface area contributed by atoms with E-state index in [1.54, 1.807) is 7.11 Å². The topological polar surface area (TPSA) is 71.1 Å². The molecular weight excluding hydrogens is 394 g/mol. The fourth-order valence-corrected chi connectivity index (χ4v) is 3.93.